The van der Waals surface area contributed by atoms with Crippen molar-refractivity contribution in [2.24, 2.45) is 5.11 Å². The van der Waals surface area contributed by atoms with Gasteiger partial charge in [0.1, 0.15) is 12.2 Å². The molecule has 2 fully saturated rings. The second-order valence-electron chi connectivity index (χ2n) is 11.9. The molecule has 0 bridgehead atoms. The average molecular weight is 576 g/mol. The summed E-state index contributed by atoms with van der Waals surface area (Å²) in [6.07, 6.45) is 14.4. The summed E-state index contributed by atoms with van der Waals surface area (Å²) in [6, 6.07) is 9.08. The van der Waals surface area contributed by atoms with Gasteiger partial charge in [0.15, 0.2) is 12.1 Å². The van der Waals surface area contributed by atoms with E-state index in [1.165, 1.54) is 64.2 Å². The number of unbranched alkanes of at least 4 members (excludes halogenated alkanes) is 11. The molecule has 232 valence electrons. The molecule has 2 saturated heterocycles. The number of aliphatic hydroxyl groups is 1. The largest absolute Gasteiger partial charge is 0.394 e. The van der Waals surface area contributed by atoms with Gasteiger partial charge in [-0.05, 0) is 25.8 Å². The molecule has 2 aliphatic rings. The predicted octanol–water partition coefficient (Wildman–Crippen LogP) is 7.77. The zero-order valence-electron chi connectivity index (χ0n) is 25.5. The molecule has 2 heterocycles. The van der Waals surface area contributed by atoms with Crippen LogP contribution in [0, 0.1) is 0 Å². The Labute approximate surface area is 246 Å². The molecule has 0 amide bonds. The highest BCUT2D eigenvalue weighted by Gasteiger charge is 2.45. The van der Waals surface area contributed by atoms with Gasteiger partial charge in [-0.2, -0.15) is 0 Å². The molecular weight excluding hydrogens is 522 g/mol. The van der Waals surface area contributed by atoms with E-state index >= 15 is 0 Å². The lowest BCUT2D eigenvalue weighted by Crippen LogP contribution is -2.38. The van der Waals surface area contributed by atoms with E-state index in [0.29, 0.717) is 0 Å². The van der Waals surface area contributed by atoms with Crippen molar-refractivity contribution in [3.8, 4) is 0 Å². The van der Waals surface area contributed by atoms with Crippen molar-refractivity contribution in [2.45, 2.75) is 147 Å². The van der Waals surface area contributed by atoms with Crippen molar-refractivity contribution in [3.63, 3.8) is 0 Å². The number of nitrogens with zero attached hydrogens (tertiary/aromatic N) is 3. The molecular formula is C32H53N3O6. The number of benzene rings is 1. The molecule has 9 nitrogen and oxygen atoms in total. The Kier molecular flexibility index (Phi) is 15.5. The topological polar surface area (TPSA) is 115 Å². The number of hydrogen-bond donors (Lipinski definition) is 1. The molecule has 0 aromatic heterocycles. The van der Waals surface area contributed by atoms with E-state index < -0.39 is 30.3 Å². The molecule has 1 aromatic rings. The minimum atomic E-state index is -0.747. The fourth-order valence-corrected chi connectivity index (χ4v) is 5.76. The number of ether oxygens (including phenoxy) is 5. The van der Waals surface area contributed by atoms with Crippen LogP contribution in [-0.4, -0.2) is 61.2 Å². The molecule has 0 saturated carbocycles. The third-order valence-corrected chi connectivity index (χ3v) is 7.98. The van der Waals surface area contributed by atoms with Gasteiger partial charge >= 0.3 is 0 Å². The highest BCUT2D eigenvalue weighted by molar-refractivity contribution is 5.16. The Balaban J connectivity index is 1.39. The van der Waals surface area contributed by atoms with Crippen LogP contribution >= 0.6 is 0 Å². The first-order valence-corrected chi connectivity index (χ1v) is 15.9. The number of aliphatic hydroxyl groups excluding tert-OH is 1. The van der Waals surface area contributed by atoms with Crippen LogP contribution in [0.15, 0.2) is 35.4 Å². The number of hydrogen-bond acceptors (Lipinski definition) is 7. The fraction of sp³-hybridized carbons (Fsp3) is 0.812. The van der Waals surface area contributed by atoms with Crippen LogP contribution < -0.4 is 0 Å². The van der Waals surface area contributed by atoms with Crippen LogP contribution in [0.4, 0.5) is 0 Å². The summed E-state index contributed by atoms with van der Waals surface area (Å²) < 4.78 is 30.3. The Bertz CT molecular complexity index is 881. The van der Waals surface area contributed by atoms with Gasteiger partial charge in [-0.15, -0.1) is 0 Å². The minimum Gasteiger partial charge on any atom is -0.394 e. The van der Waals surface area contributed by atoms with Gasteiger partial charge in [0.25, 0.3) is 0 Å². The third-order valence-electron chi connectivity index (χ3n) is 7.98. The molecule has 3 rings (SSSR count). The Hall–Kier alpha value is -1.71. The van der Waals surface area contributed by atoms with Gasteiger partial charge in [-0.25, -0.2) is 0 Å². The lowest BCUT2D eigenvalue weighted by molar-refractivity contribution is -0.149. The van der Waals surface area contributed by atoms with E-state index in [1.54, 1.807) is 0 Å². The normalized spacial score (nSPS) is 26.2. The van der Waals surface area contributed by atoms with Crippen molar-refractivity contribution in [3.05, 3.63) is 46.3 Å². The Morgan fingerprint density at radius 2 is 1.49 bits per heavy atom. The molecule has 0 aliphatic carbocycles. The molecule has 41 heavy (non-hydrogen) atoms. The van der Waals surface area contributed by atoms with Gasteiger partial charge in [0.2, 0.25) is 0 Å². The van der Waals surface area contributed by atoms with Crippen LogP contribution in [0.25, 0.3) is 10.4 Å². The molecule has 0 radical (unpaired) electrons. The number of azide groups is 1. The molecule has 2 aliphatic heterocycles. The van der Waals surface area contributed by atoms with Crippen LogP contribution in [-0.2, 0) is 23.7 Å². The van der Waals surface area contributed by atoms with Crippen molar-refractivity contribution in [1.82, 2.24) is 0 Å². The SMILES string of the molecule is CCCCCCCCCCCCCC[C@H]1OC(C)(C)O[C@H]1[C@H](COC[C@@H]1OC(c2ccccc2)O[C@H]1CO)N=[N+]=[N-]. The minimum absolute atomic E-state index is 0.161. The second kappa shape index (κ2) is 18.7. The van der Waals surface area contributed by atoms with Crippen molar-refractivity contribution >= 4 is 0 Å². The Morgan fingerprint density at radius 3 is 2.10 bits per heavy atom. The predicted molar refractivity (Wildman–Crippen MR) is 159 cm³/mol. The highest BCUT2D eigenvalue weighted by Crippen LogP contribution is 2.35. The quantitative estimate of drug-likeness (QED) is 0.0693. The van der Waals surface area contributed by atoms with Gasteiger partial charge in [-0.1, -0.05) is 119 Å². The van der Waals surface area contributed by atoms with E-state index in [1.807, 2.05) is 44.2 Å². The van der Waals surface area contributed by atoms with Gasteiger partial charge in [0.05, 0.1) is 38.1 Å². The molecule has 9 heteroatoms. The van der Waals surface area contributed by atoms with E-state index in [0.717, 1.165) is 24.8 Å². The highest BCUT2D eigenvalue weighted by atomic mass is 16.8. The van der Waals surface area contributed by atoms with Crippen LogP contribution in [0.3, 0.4) is 0 Å². The van der Waals surface area contributed by atoms with E-state index in [9.17, 15) is 10.6 Å². The third kappa shape index (κ3) is 11.8. The van der Waals surface area contributed by atoms with Gasteiger partial charge < -0.3 is 28.8 Å². The molecule has 1 aromatic carbocycles. The van der Waals surface area contributed by atoms with Crippen molar-refractivity contribution in [2.75, 3.05) is 19.8 Å². The summed E-state index contributed by atoms with van der Waals surface area (Å²) in [6.45, 7) is 6.25. The summed E-state index contributed by atoms with van der Waals surface area (Å²) in [5, 5.41) is 13.8. The van der Waals surface area contributed by atoms with E-state index in [4.69, 9.17) is 23.7 Å². The zero-order chi connectivity index (χ0) is 29.3. The summed E-state index contributed by atoms with van der Waals surface area (Å²) in [4.78, 5) is 3.08. The maximum absolute atomic E-state index is 9.81. The smallest absolute Gasteiger partial charge is 0.184 e. The van der Waals surface area contributed by atoms with Crippen molar-refractivity contribution < 1.29 is 28.8 Å². The standard InChI is InChI=1S/C32H53N3O6/c1-4-5-6-7-8-9-10-11-12-13-14-18-21-27-30(41-32(2,3)40-27)26(34-35-33)23-37-24-29-28(22-36)38-31(39-29)25-19-16-15-17-20-25/h15-17,19-20,26-31,36H,4-14,18,21-24H2,1-3H3/t26-,27+,28-,29-,30-,31?/m0/s1. The molecule has 1 unspecified atom stereocenters. The maximum Gasteiger partial charge on any atom is 0.184 e. The number of rotatable bonds is 21. The zero-order valence-corrected chi connectivity index (χ0v) is 25.5. The summed E-state index contributed by atoms with van der Waals surface area (Å²) in [5.74, 6) is -0.747. The van der Waals surface area contributed by atoms with Gasteiger partial charge in [0, 0.05) is 10.5 Å². The monoisotopic (exact) mass is 575 g/mol. The lowest BCUT2D eigenvalue weighted by atomic mass is 10.00. The summed E-state index contributed by atoms with van der Waals surface area (Å²) in [7, 11) is 0. The maximum atomic E-state index is 9.81. The first-order valence-electron chi connectivity index (χ1n) is 15.9. The lowest BCUT2D eigenvalue weighted by Gasteiger charge is -2.24. The molecule has 0 spiro atoms. The first-order chi connectivity index (χ1) is 20.0. The first kappa shape index (κ1) is 33.8. The summed E-state index contributed by atoms with van der Waals surface area (Å²) >= 11 is 0. The van der Waals surface area contributed by atoms with Crippen LogP contribution in [0.5, 0.6) is 0 Å². The summed E-state index contributed by atoms with van der Waals surface area (Å²) in [5.41, 5.74) is 10.2. The second-order valence-corrected chi connectivity index (χ2v) is 11.9. The van der Waals surface area contributed by atoms with Crippen LogP contribution in [0.1, 0.15) is 116 Å². The Morgan fingerprint density at radius 1 is 0.878 bits per heavy atom. The van der Waals surface area contributed by atoms with Crippen molar-refractivity contribution in [1.29, 1.82) is 0 Å². The fourth-order valence-electron chi connectivity index (χ4n) is 5.76. The van der Waals surface area contributed by atoms with Gasteiger partial charge in [-0.3, -0.25) is 0 Å². The van der Waals surface area contributed by atoms with E-state index in [2.05, 4.69) is 16.9 Å². The van der Waals surface area contributed by atoms with Crippen LogP contribution in [0.2, 0.25) is 0 Å². The molecule has 1 N–H and O–H groups in total. The van der Waals surface area contributed by atoms with E-state index in [-0.39, 0.29) is 32.0 Å². The molecule has 6 atom stereocenters. The average Bonchev–Trinajstić information content (AvgIpc) is 3.53.